The van der Waals surface area contributed by atoms with Crippen LogP contribution >= 0.6 is 23.4 Å². The van der Waals surface area contributed by atoms with Crippen molar-refractivity contribution in [2.75, 3.05) is 33.2 Å². The predicted molar refractivity (Wildman–Crippen MR) is 85.5 cm³/mol. The summed E-state index contributed by atoms with van der Waals surface area (Å²) in [7, 11) is 2.10. The van der Waals surface area contributed by atoms with Crippen molar-refractivity contribution >= 4 is 29.3 Å². The van der Waals surface area contributed by atoms with Crippen molar-refractivity contribution in [3.8, 4) is 0 Å². The number of carbonyl (C=O) groups excluding carboxylic acids is 1. The zero-order chi connectivity index (χ0) is 14.5. The van der Waals surface area contributed by atoms with Crippen LogP contribution in [0.15, 0.2) is 29.2 Å². The average molecular weight is 313 g/mol. The molecule has 2 rings (SSSR count). The number of thioether (sulfide) groups is 1. The normalized spacial score (nSPS) is 18.1. The molecule has 20 heavy (non-hydrogen) atoms. The molecule has 1 fully saturated rings. The quantitative estimate of drug-likeness (QED) is 0.799. The number of benzene rings is 1. The largest absolute Gasteiger partial charge is 0.339 e. The van der Waals surface area contributed by atoms with E-state index in [0.29, 0.717) is 0 Å². The van der Waals surface area contributed by atoms with Gasteiger partial charge in [0.25, 0.3) is 0 Å². The molecular formula is C15H21ClN2OS. The Morgan fingerprint density at radius 3 is 2.40 bits per heavy atom. The summed E-state index contributed by atoms with van der Waals surface area (Å²) in [5.74, 6) is 0.264. The third-order valence-corrected chi connectivity index (χ3v) is 5.17. The lowest BCUT2D eigenvalue weighted by molar-refractivity contribution is -0.132. The van der Waals surface area contributed by atoms with Crippen LogP contribution in [0.25, 0.3) is 0 Å². The molecule has 0 unspecified atom stereocenters. The average Bonchev–Trinajstić information content (AvgIpc) is 2.47. The first-order chi connectivity index (χ1) is 9.60. The molecule has 0 aromatic heterocycles. The minimum Gasteiger partial charge on any atom is -0.339 e. The number of amides is 1. The molecule has 1 atom stereocenters. The van der Waals surface area contributed by atoms with Gasteiger partial charge in [-0.05, 0) is 37.7 Å². The van der Waals surface area contributed by atoms with E-state index in [2.05, 4.69) is 18.9 Å². The van der Waals surface area contributed by atoms with Crippen molar-refractivity contribution in [1.82, 2.24) is 9.80 Å². The molecule has 0 bridgehead atoms. The first kappa shape index (κ1) is 15.7. The van der Waals surface area contributed by atoms with Crippen molar-refractivity contribution in [2.24, 2.45) is 0 Å². The Hall–Kier alpha value is -0.710. The van der Waals surface area contributed by atoms with Crippen molar-refractivity contribution in [2.45, 2.75) is 23.5 Å². The number of halogens is 1. The smallest absolute Gasteiger partial charge is 0.236 e. The topological polar surface area (TPSA) is 23.6 Å². The summed E-state index contributed by atoms with van der Waals surface area (Å²) in [4.78, 5) is 17.9. The number of likely N-dealkylation sites (N-methyl/N-ethyl adjacent to an activating group) is 1. The second kappa shape index (κ2) is 7.34. The fraction of sp³-hybridized carbons (Fsp3) is 0.533. The lowest BCUT2D eigenvalue weighted by atomic mass is 10.2. The van der Waals surface area contributed by atoms with Gasteiger partial charge in [-0.2, -0.15) is 0 Å². The Morgan fingerprint density at radius 1 is 1.25 bits per heavy atom. The Bertz CT molecular complexity index is 444. The fourth-order valence-electron chi connectivity index (χ4n) is 2.22. The predicted octanol–water partition coefficient (Wildman–Crippen LogP) is 2.98. The van der Waals surface area contributed by atoms with Crippen LogP contribution in [0, 0.1) is 0 Å². The number of piperazine rings is 1. The molecule has 110 valence electrons. The first-order valence-corrected chi connectivity index (χ1v) is 8.25. The maximum atomic E-state index is 12.6. The van der Waals surface area contributed by atoms with E-state index in [9.17, 15) is 4.79 Å². The molecule has 0 radical (unpaired) electrons. The molecule has 0 N–H and O–H groups in total. The highest BCUT2D eigenvalue weighted by Crippen LogP contribution is 2.28. The van der Waals surface area contributed by atoms with Gasteiger partial charge in [0.15, 0.2) is 0 Å². The van der Waals surface area contributed by atoms with E-state index >= 15 is 0 Å². The van der Waals surface area contributed by atoms with Crippen molar-refractivity contribution in [3.05, 3.63) is 29.3 Å². The molecule has 1 aliphatic heterocycles. The van der Waals surface area contributed by atoms with Gasteiger partial charge in [-0.1, -0.05) is 18.5 Å². The maximum absolute atomic E-state index is 12.6. The lowest BCUT2D eigenvalue weighted by Crippen LogP contribution is -2.49. The van der Waals surface area contributed by atoms with Crippen LogP contribution in [-0.2, 0) is 4.79 Å². The van der Waals surface area contributed by atoms with E-state index in [1.54, 1.807) is 11.8 Å². The van der Waals surface area contributed by atoms with Gasteiger partial charge in [0.1, 0.15) is 0 Å². The summed E-state index contributed by atoms with van der Waals surface area (Å²) in [5, 5.41) is 0.729. The minimum atomic E-state index is -0.000387. The number of carbonyl (C=O) groups is 1. The summed E-state index contributed by atoms with van der Waals surface area (Å²) >= 11 is 7.53. The van der Waals surface area contributed by atoms with Crippen LogP contribution in [-0.4, -0.2) is 54.2 Å². The SMILES string of the molecule is CC[C@@H](Sc1ccc(Cl)cc1)C(=O)N1CCN(C)CC1. The monoisotopic (exact) mass is 312 g/mol. The van der Waals surface area contributed by atoms with Crippen molar-refractivity contribution < 1.29 is 4.79 Å². The fourth-order valence-corrected chi connectivity index (χ4v) is 3.38. The van der Waals surface area contributed by atoms with Gasteiger partial charge in [-0.25, -0.2) is 0 Å². The minimum absolute atomic E-state index is 0.000387. The molecule has 1 amide bonds. The Kier molecular flexibility index (Phi) is 5.75. The molecule has 0 aliphatic carbocycles. The third-order valence-electron chi connectivity index (χ3n) is 3.55. The maximum Gasteiger partial charge on any atom is 0.236 e. The molecule has 3 nitrogen and oxygen atoms in total. The summed E-state index contributed by atoms with van der Waals surface area (Å²) < 4.78 is 0. The molecule has 0 saturated carbocycles. The van der Waals surface area contributed by atoms with Crippen LogP contribution in [0.4, 0.5) is 0 Å². The first-order valence-electron chi connectivity index (χ1n) is 6.99. The number of hydrogen-bond donors (Lipinski definition) is 0. The third kappa shape index (κ3) is 4.14. The van der Waals surface area contributed by atoms with E-state index in [1.807, 2.05) is 29.2 Å². The molecule has 1 saturated heterocycles. The summed E-state index contributed by atoms with van der Waals surface area (Å²) in [6.45, 7) is 5.68. The molecular weight excluding hydrogens is 292 g/mol. The highest BCUT2D eigenvalue weighted by Gasteiger charge is 2.26. The standard InChI is InChI=1S/C15H21ClN2OS/c1-3-14(20-13-6-4-12(16)5-7-13)15(19)18-10-8-17(2)9-11-18/h4-7,14H,3,8-11H2,1-2H3/t14-/m1/s1. The zero-order valence-corrected chi connectivity index (χ0v) is 13.6. The van der Waals surface area contributed by atoms with Gasteiger partial charge in [0, 0.05) is 36.1 Å². The molecule has 1 aromatic rings. The highest BCUT2D eigenvalue weighted by atomic mass is 35.5. The lowest BCUT2D eigenvalue weighted by Gasteiger charge is -2.34. The summed E-state index contributed by atoms with van der Waals surface area (Å²) in [6.07, 6.45) is 0.846. The Labute approximate surface area is 130 Å². The van der Waals surface area contributed by atoms with Crippen LogP contribution in [0.1, 0.15) is 13.3 Å². The van der Waals surface area contributed by atoms with Crippen molar-refractivity contribution in [1.29, 1.82) is 0 Å². The molecule has 1 aromatic carbocycles. The molecule has 1 heterocycles. The summed E-state index contributed by atoms with van der Waals surface area (Å²) in [6, 6.07) is 7.70. The van der Waals surface area contributed by atoms with Gasteiger partial charge in [-0.15, -0.1) is 11.8 Å². The second-order valence-corrected chi connectivity index (χ2v) is 6.81. The van der Waals surface area contributed by atoms with Gasteiger partial charge >= 0.3 is 0 Å². The van der Waals surface area contributed by atoms with E-state index < -0.39 is 0 Å². The van der Waals surface area contributed by atoms with Crippen molar-refractivity contribution in [3.63, 3.8) is 0 Å². The number of hydrogen-bond acceptors (Lipinski definition) is 3. The molecule has 0 spiro atoms. The zero-order valence-electron chi connectivity index (χ0n) is 12.0. The van der Waals surface area contributed by atoms with E-state index in [4.69, 9.17) is 11.6 Å². The highest BCUT2D eigenvalue weighted by molar-refractivity contribution is 8.00. The van der Waals surface area contributed by atoms with Crippen LogP contribution in [0.3, 0.4) is 0 Å². The van der Waals surface area contributed by atoms with Gasteiger partial charge in [-0.3, -0.25) is 4.79 Å². The molecule has 1 aliphatic rings. The van der Waals surface area contributed by atoms with E-state index in [1.165, 1.54) is 0 Å². The Morgan fingerprint density at radius 2 is 1.85 bits per heavy atom. The van der Waals surface area contributed by atoms with E-state index in [0.717, 1.165) is 42.5 Å². The summed E-state index contributed by atoms with van der Waals surface area (Å²) in [5.41, 5.74) is 0. The van der Waals surface area contributed by atoms with Crippen LogP contribution in [0.5, 0.6) is 0 Å². The van der Waals surface area contributed by atoms with Gasteiger partial charge < -0.3 is 9.80 Å². The van der Waals surface area contributed by atoms with Crippen LogP contribution in [0.2, 0.25) is 5.02 Å². The van der Waals surface area contributed by atoms with Gasteiger partial charge in [0.05, 0.1) is 5.25 Å². The Balaban J connectivity index is 1.97. The molecule has 5 heteroatoms. The van der Waals surface area contributed by atoms with E-state index in [-0.39, 0.29) is 11.2 Å². The number of rotatable bonds is 4. The van der Waals surface area contributed by atoms with Crippen LogP contribution < -0.4 is 0 Å². The number of nitrogens with zero attached hydrogens (tertiary/aromatic N) is 2. The van der Waals surface area contributed by atoms with Gasteiger partial charge in [0.2, 0.25) is 5.91 Å². The second-order valence-electron chi connectivity index (χ2n) is 5.10.